The van der Waals surface area contributed by atoms with E-state index in [1.807, 2.05) is 11.4 Å². The van der Waals surface area contributed by atoms with E-state index in [4.69, 9.17) is 0 Å². The molecule has 5 heteroatoms. The Hall–Kier alpha value is -0.580. The molecule has 1 fully saturated rings. The maximum Gasteiger partial charge on any atom is 0.261 e. The van der Waals surface area contributed by atoms with E-state index in [-0.39, 0.29) is 18.3 Å². The van der Waals surface area contributed by atoms with Gasteiger partial charge in [-0.2, -0.15) is 0 Å². The molecule has 0 spiro atoms. The van der Waals surface area contributed by atoms with Crippen LogP contribution < -0.4 is 10.6 Å². The third-order valence-electron chi connectivity index (χ3n) is 3.01. The first-order valence-electron chi connectivity index (χ1n) is 5.89. The Bertz CT molecular complexity index is 361. The highest BCUT2D eigenvalue weighted by molar-refractivity contribution is 7.12. The number of halogens is 1. The fourth-order valence-electron chi connectivity index (χ4n) is 2.04. The Labute approximate surface area is 112 Å². The zero-order chi connectivity index (χ0) is 11.4. The number of aryl methyl sites for hydroxylation is 1. The van der Waals surface area contributed by atoms with Crippen LogP contribution in [0.3, 0.4) is 0 Å². The molecule has 1 aromatic heterocycles. The van der Waals surface area contributed by atoms with Gasteiger partial charge < -0.3 is 10.6 Å². The van der Waals surface area contributed by atoms with E-state index in [9.17, 15) is 4.79 Å². The lowest BCUT2D eigenvalue weighted by molar-refractivity contribution is 0.0953. The summed E-state index contributed by atoms with van der Waals surface area (Å²) in [5, 5.41) is 8.37. The topological polar surface area (TPSA) is 41.1 Å². The van der Waals surface area contributed by atoms with Crippen molar-refractivity contribution < 1.29 is 4.79 Å². The molecular weight excluding hydrogens is 256 g/mol. The number of carbonyl (C=O) groups excluding carboxylic acids is 1. The molecule has 1 aliphatic rings. The Kier molecular flexibility index (Phi) is 5.95. The molecule has 17 heavy (non-hydrogen) atoms. The molecule has 1 unspecified atom stereocenters. The number of carbonyl (C=O) groups is 1. The minimum absolute atomic E-state index is 0. The first-order valence-corrected chi connectivity index (χ1v) is 6.77. The minimum Gasteiger partial charge on any atom is -0.350 e. The normalized spacial score (nSPS) is 18.8. The molecule has 1 aliphatic heterocycles. The summed E-state index contributed by atoms with van der Waals surface area (Å²) in [6.07, 6.45) is 3.32. The molecule has 1 atom stereocenters. The number of nitrogens with one attached hydrogen (secondary N) is 2. The summed E-state index contributed by atoms with van der Waals surface area (Å²) in [6, 6.07) is 2.50. The smallest absolute Gasteiger partial charge is 0.261 e. The van der Waals surface area contributed by atoms with Crippen molar-refractivity contribution in [3.8, 4) is 0 Å². The van der Waals surface area contributed by atoms with Gasteiger partial charge in [-0.05, 0) is 42.8 Å². The standard InChI is InChI=1S/C12H18N2OS.ClH/c1-2-9-5-7-16-11(9)12(15)14-8-10-4-3-6-13-10;/h5,7,10,13H,2-4,6,8H2,1H3,(H,14,15);1H. The number of thiophene rings is 1. The van der Waals surface area contributed by atoms with Crippen molar-refractivity contribution in [2.75, 3.05) is 13.1 Å². The van der Waals surface area contributed by atoms with E-state index in [0.717, 1.165) is 30.0 Å². The van der Waals surface area contributed by atoms with Gasteiger partial charge in [-0.15, -0.1) is 23.7 Å². The van der Waals surface area contributed by atoms with Gasteiger partial charge in [0, 0.05) is 12.6 Å². The van der Waals surface area contributed by atoms with E-state index in [1.165, 1.54) is 24.2 Å². The molecule has 96 valence electrons. The third kappa shape index (κ3) is 3.69. The van der Waals surface area contributed by atoms with Crippen LogP contribution in [0.2, 0.25) is 0 Å². The van der Waals surface area contributed by atoms with E-state index < -0.39 is 0 Å². The van der Waals surface area contributed by atoms with Crippen molar-refractivity contribution >= 4 is 29.7 Å². The summed E-state index contributed by atoms with van der Waals surface area (Å²) in [5.41, 5.74) is 1.15. The van der Waals surface area contributed by atoms with Gasteiger partial charge in [0.05, 0.1) is 4.88 Å². The summed E-state index contributed by atoms with van der Waals surface area (Å²) in [5.74, 6) is 0.0838. The second-order valence-corrected chi connectivity index (χ2v) is 5.05. The average molecular weight is 275 g/mol. The first kappa shape index (κ1) is 14.5. The third-order valence-corrected chi connectivity index (χ3v) is 3.96. The molecule has 1 amide bonds. The second-order valence-electron chi connectivity index (χ2n) is 4.13. The van der Waals surface area contributed by atoms with Crippen LogP contribution in [0, 0.1) is 0 Å². The van der Waals surface area contributed by atoms with Gasteiger partial charge in [0.2, 0.25) is 0 Å². The predicted molar refractivity (Wildman–Crippen MR) is 74.3 cm³/mol. The van der Waals surface area contributed by atoms with E-state index >= 15 is 0 Å². The van der Waals surface area contributed by atoms with Crippen molar-refractivity contribution in [1.29, 1.82) is 0 Å². The van der Waals surface area contributed by atoms with Crippen LogP contribution in [0.1, 0.15) is 35.0 Å². The van der Waals surface area contributed by atoms with Crippen molar-refractivity contribution in [3.05, 3.63) is 21.9 Å². The van der Waals surface area contributed by atoms with E-state index in [1.54, 1.807) is 0 Å². The van der Waals surface area contributed by atoms with Gasteiger partial charge in [-0.25, -0.2) is 0 Å². The van der Waals surface area contributed by atoms with E-state index in [0.29, 0.717) is 6.04 Å². The fourth-order valence-corrected chi connectivity index (χ4v) is 2.95. The number of rotatable bonds is 4. The summed E-state index contributed by atoms with van der Waals surface area (Å²) >= 11 is 1.53. The molecule has 2 rings (SSSR count). The van der Waals surface area contributed by atoms with Gasteiger partial charge in [0.25, 0.3) is 5.91 Å². The highest BCUT2D eigenvalue weighted by Crippen LogP contribution is 2.17. The molecule has 0 saturated carbocycles. The highest BCUT2D eigenvalue weighted by Gasteiger charge is 2.16. The lowest BCUT2D eigenvalue weighted by atomic mass is 10.2. The molecular formula is C12H19ClN2OS. The van der Waals surface area contributed by atoms with Crippen molar-refractivity contribution in [3.63, 3.8) is 0 Å². The van der Waals surface area contributed by atoms with Gasteiger partial charge >= 0.3 is 0 Å². The first-order chi connectivity index (χ1) is 7.81. The zero-order valence-corrected chi connectivity index (χ0v) is 11.6. The minimum atomic E-state index is 0. The Balaban J connectivity index is 0.00000144. The van der Waals surface area contributed by atoms with Gasteiger partial charge in [-0.3, -0.25) is 4.79 Å². The fraction of sp³-hybridized carbons (Fsp3) is 0.583. The second kappa shape index (κ2) is 6.99. The van der Waals surface area contributed by atoms with Gasteiger partial charge in [0.1, 0.15) is 0 Å². The summed E-state index contributed by atoms with van der Waals surface area (Å²) in [6.45, 7) is 3.91. The average Bonchev–Trinajstić information content (AvgIpc) is 2.96. The summed E-state index contributed by atoms with van der Waals surface area (Å²) in [7, 11) is 0. The quantitative estimate of drug-likeness (QED) is 0.884. The van der Waals surface area contributed by atoms with Crippen molar-refractivity contribution in [2.45, 2.75) is 32.2 Å². The van der Waals surface area contributed by atoms with Crippen LogP contribution in [0.25, 0.3) is 0 Å². The summed E-state index contributed by atoms with van der Waals surface area (Å²) in [4.78, 5) is 12.8. The maximum atomic E-state index is 11.9. The van der Waals surface area contributed by atoms with Crippen molar-refractivity contribution in [1.82, 2.24) is 10.6 Å². The maximum absolute atomic E-state index is 11.9. The molecule has 0 radical (unpaired) electrons. The SMILES string of the molecule is CCc1ccsc1C(=O)NCC1CCCN1.Cl. The monoisotopic (exact) mass is 274 g/mol. The summed E-state index contributed by atoms with van der Waals surface area (Å²) < 4.78 is 0. The molecule has 2 N–H and O–H groups in total. The largest absolute Gasteiger partial charge is 0.350 e. The molecule has 0 aliphatic carbocycles. The van der Waals surface area contributed by atoms with E-state index in [2.05, 4.69) is 17.6 Å². The Morgan fingerprint density at radius 3 is 3.12 bits per heavy atom. The number of amides is 1. The van der Waals surface area contributed by atoms with Crippen LogP contribution in [-0.2, 0) is 6.42 Å². The molecule has 2 heterocycles. The molecule has 0 bridgehead atoms. The molecule has 1 saturated heterocycles. The van der Waals surface area contributed by atoms with Crippen molar-refractivity contribution in [2.24, 2.45) is 0 Å². The highest BCUT2D eigenvalue weighted by atomic mass is 35.5. The Morgan fingerprint density at radius 2 is 2.47 bits per heavy atom. The lowest BCUT2D eigenvalue weighted by Crippen LogP contribution is -2.37. The number of hydrogen-bond donors (Lipinski definition) is 2. The van der Waals surface area contributed by atoms with Gasteiger partial charge in [0.15, 0.2) is 0 Å². The lowest BCUT2D eigenvalue weighted by Gasteiger charge is -2.11. The molecule has 0 aromatic carbocycles. The molecule has 3 nitrogen and oxygen atoms in total. The van der Waals surface area contributed by atoms with Crippen LogP contribution in [0.15, 0.2) is 11.4 Å². The van der Waals surface area contributed by atoms with Crippen LogP contribution >= 0.6 is 23.7 Å². The van der Waals surface area contributed by atoms with Gasteiger partial charge in [-0.1, -0.05) is 6.92 Å². The van der Waals surface area contributed by atoms with Crippen LogP contribution in [-0.4, -0.2) is 25.0 Å². The van der Waals surface area contributed by atoms with Crippen LogP contribution in [0.5, 0.6) is 0 Å². The molecule has 1 aromatic rings. The van der Waals surface area contributed by atoms with Crippen LogP contribution in [0.4, 0.5) is 0 Å². The predicted octanol–water partition coefficient (Wildman–Crippen LogP) is 2.21. The number of hydrogen-bond acceptors (Lipinski definition) is 3. The zero-order valence-electron chi connectivity index (χ0n) is 9.99. The Morgan fingerprint density at radius 1 is 1.65 bits per heavy atom.